The first-order chi connectivity index (χ1) is 9.40. The van der Waals surface area contributed by atoms with Crippen LogP contribution in [0.4, 0.5) is 19.1 Å². The van der Waals surface area contributed by atoms with Gasteiger partial charge in [-0.15, -0.1) is 0 Å². The third kappa shape index (κ3) is 3.28. The van der Waals surface area contributed by atoms with Gasteiger partial charge in [-0.1, -0.05) is 19.1 Å². The van der Waals surface area contributed by atoms with Crippen LogP contribution in [0.3, 0.4) is 0 Å². The van der Waals surface area contributed by atoms with Crippen LogP contribution in [0.5, 0.6) is 0 Å². The standard InChI is InChI=1S/C13H14F3N3O/c1-3-11-17-12(18-20-11)19(2)8-9-5-4-6-10(7-9)13(14,15)16/h4-7H,3,8H2,1-2H3. The van der Waals surface area contributed by atoms with Crippen LogP contribution in [0.1, 0.15) is 23.9 Å². The van der Waals surface area contributed by atoms with Gasteiger partial charge in [0.1, 0.15) is 0 Å². The molecule has 4 nitrogen and oxygen atoms in total. The Kier molecular flexibility index (Phi) is 3.96. The van der Waals surface area contributed by atoms with Crippen LogP contribution in [0.2, 0.25) is 0 Å². The van der Waals surface area contributed by atoms with Crippen LogP contribution in [0.25, 0.3) is 0 Å². The van der Waals surface area contributed by atoms with Crippen molar-refractivity contribution in [3.63, 3.8) is 0 Å². The maximum absolute atomic E-state index is 12.6. The van der Waals surface area contributed by atoms with Crippen LogP contribution in [0, 0.1) is 0 Å². The summed E-state index contributed by atoms with van der Waals surface area (Å²) in [5.41, 5.74) is -0.129. The maximum Gasteiger partial charge on any atom is 0.416 e. The second-order valence-corrected chi connectivity index (χ2v) is 4.40. The minimum atomic E-state index is -4.34. The van der Waals surface area contributed by atoms with Crippen LogP contribution in [0.15, 0.2) is 28.8 Å². The van der Waals surface area contributed by atoms with Crippen molar-refractivity contribution in [2.45, 2.75) is 26.1 Å². The molecule has 0 fully saturated rings. The molecule has 0 aliphatic rings. The van der Waals surface area contributed by atoms with Gasteiger partial charge >= 0.3 is 6.18 Å². The van der Waals surface area contributed by atoms with E-state index < -0.39 is 11.7 Å². The Labute approximate surface area is 114 Å². The second kappa shape index (κ2) is 5.52. The smallest absolute Gasteiger partial charge is 0.337 e. The quantitative estimate of drug-likeness (QED) is 0.864. The summed E-state index contributed by atoms with van der Waals surface area (Å²) in [7, 11) is 1.70. The van der Waals surface area contributed by atoms with Gasteiger partial charge in [-0.2, -0.15) is 18.2 Å². The Balaban J connectivity index is 2.13. The van der Waals surface area contributed by atoms with Gasteiger partial charge in [0, 0.05) is 20.0 Å². The van der Waals surface area contributed by atoms with Crippen molar-refractivity contribution >= 4 is 5.95 Å². The molecule has 0 aliphatic carbocycles. The monoisotopic (exact) mass is 285 g/mol. The van der Waals surface area contributed by atoms with E-state index in [9.17, 15) is 13.2 Å². The Morgan fingerprint density at radius 2 is 2.05 bits per heavy atom. The Bertz CT molecular complexity index is 580. The van der Waals surface area contributed by atoms with Gasteiger partial charge in [-0.3, -0.25) is 0 Å². The van der Waals surface area contributed by atoms with Crippen LogP contribution in [-0.2, 0) is 19.1 Å². The summed E-state index contributed by atoms with van der Waals surface area (Å²) in [6.07, 6.45) is -3.72. The average Bonchev–Trinajstić information content (AvgIpc) is 2.87. The van der Waals surface area contributed by atoms with Crippen molar-refractivity contribution in [1.82, 2.24) is 10.1 Å². The van der Waals surface area contributed by atoms with Crippen LogP contribution >= 0.6 is 0 Å². The summed E-state index contributed by atoms with van der Waals surface area (Å²) in [6, 6.07) is 5.19. The Morgan fingerprint density at radius 1 is 1.30 bits per heavy atom. The summed E-state index contributed by atoms with van der Waals surface area (Å²) in [5, 5.41) is 3.77. The molecule has 0 saturated heterocycles. The van der Waals surface area contributed by atoms with Gasteiger partial charge < -0.3 is 9.42 Å². The zero-order chi connectivity index (χ0) is 14.8. The first-order valence-electron chi connectivity index (χ1n) is 6.10. The first kappa shape index (κ1) is 14.4. The molecule has 0 amide bonds. The predicted octanol–water partition coefficient (Wildman–Crippen LogP) is 3.29. The molecule has 7 heteroatoms. The van der Waals surface area contributed by atoms with Gasteiger partial charge in [-0.05, 0) is 22.9 Å². The van der Waals surface area contributed by atoms with Gasteiger partial charge in [0.15, 0.2) is 0 Å². The molecule has 108 valence electrons. The summed E-state index contributed by atoms with van der Waals surface area (Å²) in [6.45, 7) is 2.15. The normalized spacial score (nSPS) is 11.7. The number of aryl methyl sites for hydroxylation is 1. The van der Waals surface area contributed by atoms with Gasteiger partial charge in [0.2, 0.25) is 5.89 Å². The summed E-state index contributed by atoms with van der Waals surface area (Å²) in [4.78, 5) is 5.76. The fourth-order valence-electron chi connectivity index (χ4n) is 1.74. The van der Waals surface area contributed by atoms with Crippen molar-refractivity contribution in [1.29, 1.82) is 0 Å². The zero-order valence-corrected chi connectivity index (χ0v) is 11.1. The van der Waals surface area contributed by atoms with E-state index in [4.69, 9.17) is 4.52 Å². The minimum absolute atomic E-state index is 0.270. The van der Waals surface area contributed by atoms with E-state index in [-0.39, 0.29) is 6.54 Å². The van der Waals surface area contributed by atoms with Gasteiger partial charge in [0.05, 0.1) is 5.56 Å². The zero-order valence-electron chi connectivity index (χ0n) is 11.1. The molecular formula is C13H14F3N3O. The lowest BCUT2D eigenvalue weighted by Gasteiger charge is -2.15. The summed E-state index contributed by atoms with van der Waals surface area (Å²) < 4.78 is 42.8. The van der Waals surface area contributed by atoms with Crippen molar-refractivity contribution < 1.29 is 17.7 Å². The molecule has 0 radical (unpaired) electrons. The van der Waals surface area contributed by atoms with E-state index in [1.165, 1.54) is 6.07 Å². The van der Waals surface area contributed by atoms with Gasteiger partial charge in [-0.25, -0.2) is 0 Å². The number of hydrogen-bond donors (Lipinski definition) is 0. The molecule has 20 heavy (non-hydrogen) atoms. The van der Waals surface area contributed by atoms with E-state index in [2.05, 4.69) is 10.1 Å². The number of benzene rings is 1. The molecule has 1 aromatic heterocycles. The molecule has 1 aromatic carbocycles. The SMILES string of the molecule is CCc1nc(N(C)Cc2cccc(C(F)(F)F)c2)no1. The molecule has 2 rings (SSSR count). The number of hydrogen-bond acceptors (Lipinski definition) is 4. The highest BCUT2D eigenvalue weighted by Gasteiger charge is 2.30. The number of nitrogens with zero attached hydrogens (tertiary/aromatic N) is 3. The Morgan fingerprint density at radius 3 is 2.65 bits per heavy atom. The molecule has 2 aromatic rings. The lowest BCUT2D eigenvalue weighted by atomic mass is 10.1. The summed E-state index contributed by atoms with van der Waals surface area (Å²) >= 11 is 0. The average molecular weight is 285 g/mol. The molecule has 1 heterocycles. The highest BCUT2D eigenvalue weighted by atomic mass is 19.4. The van der Waals surface area contributed by atoms with Gasteiger partial charge in [0.25, 0.3) is 5.95 Å². The molecule has 0 unspecified atom stereocenters. The van der Waals surface area contributed by atoms with E-state index in [0.29, 0.717) is 23.8 Å². The largest absolute Gasteiger partial charge is 0.416 e. The summed E-state index contributed by atoms with van der Waals surface area (Å²) in [5.74, 6) is 0.857. The van der Waals surface area contributed by atoms with E-state index in [1.807, 2.05) is 6.92 Å². The van der Waals surface area contributed by atoms with E-state index in [1.54, 1.807) is 18.0 Å². The van der Waals surface area contributed by atoms with E-state index in [0.717, 1.165) is 12.1 Å². The third-order valence-electron chi connectivity index (χ3n) is 2.78. The van der Waals surface area contributed by atoms with E-state index >= 15 is 0 Å². The lowest BCUT2D eigenvalue weighted by molar-refractivity contribution is -0.137. The maximum atomic E-state index is 12.6. The number of halogens is 3. The highest BCUT2D eigenvalue weighted by molar-refractivity contribution is 5.32. The van der Waals surface area contributed by atoms with Crippen molar-refractivity contribution in [3.05, 3.63) is 41.3 Å². The number of aromatic nitrogens is 2. The molecule has 0 atom stereocenters. The fourth-order valence-corrected chi connectivity index (χ4v) is 1.74. The highest BCUT2D eigenvalue weighted by Crippen LogP contribution is 2.29. The molecular weight excluding hydrogens is 271 g/mol. The molecule has 0 aliphatic heterocycles. The third-order valence-corrected chi connectivity index (χ3v) is 2.78. The fraction of sp³-hybridized carbons (Fsp3) is 0.385. The predicted molar refractivity (Wildman–Crippen MR) is 67.2 cm³/mol. The second-order valence-electron chi connectivity index (χ2n) is 4.40. The molecule has 0 N–H and O–H groups in total. The number of rotatable bonds is 4. The van der Waals surface area contributed by atoms with Crippen molar-refractivity contribution in [2.75, 3.05) is 11.9 Å². The van der Waals surface area contributed by atoms with Crippen molar-refractivity contribution in [3.8, 4) is 0 Å². The Hall–Kier alpha value is -2.05. The van der Waals surface area contributed by atoms with Crippen molar-refractivity contribution in [2.24, 2.45) is 0 Å². The first-order valence-corrected chi connectivity index (χ1v) is 6.10. The molecule has 0 bridgehead atoms. The van der Waals surface area contributed by atoms with Crippen LogP contribution in [-0.4, -0.2) is 17.2 Å². The lowest BCUT2D eigenvalue weighted by Crippen LogP contribution is -2.18. The molecule has 0 spiro atoms. The topological polar surface area (TPSA) is 42.2 Å². The number of anilines is 1. The van der Waals surface area contributed by atoms with Crippen LogP contribution < -0.4 is 4.90 Å². The molecule has 0 saturated carbocycles. The number of alkyl halides is 3. The minimum Gasteiger partial charge on any atom is -0.337 e.